The van der Waals surface area contributed by atoms with Gasteiger partial charge in [-0.05, 0) is 14.0 Å². The van der Waals surface area contributed by atoms with Crippen LogP contribution in [0, 0.1) is 0 Å². The van der Waals surface area contributed by atoms with Gasteiger partial charge in [0.15, 0.2) is 0 Å². The molecule has 0 rings (SSSR count). The molecule has 1 unspecified atom stereocenters. The van der Waals surface area contributed by atoms with Gasteiger partial charge in [-0.3, -0.25) is 0 Å². The van der Waals surface area contributed by atoms with Crippen molar-refractivity contribution in [2.45, 2.75) is 18.6 Å². The van der Waals surface area contributed by atoms with Gasteiger partial charge in [0, 0.05) is 6.54 Å². The van der Waals surface area contributed by atoms with Crippen molar-refractivity contribution in [1.82, 2.24) is 10.0 Å². The second-order valence-electron chi connectivity index (χ2n) is 2.65. The molecule has 0 aromatic carbocycles. The first kappa shape index (κ1) is 12.7. The lowest BCUT2D eigenvalue weighted by Crippen LogP contribution is -2.39. The highest BCUT2D eigenvalue weighted by molar-refractivity contribution is 7.90. The van der Waals surface area contributed by atoms with Crippen LogP contribution in [-0.4, -0.2) is 40.2 Å². The van der Waals surface area contributed by atoms with E-state index in [1.807, 2.05) is 4.72 Å². The number of alkyl halides is 2. The summed E-state index contributed by atoms with van der Waals surface area (Å²) in [6.45, 7) is 0.860. The molecular weight excluding hydrogens is 202 g/mol. The van der Waals surface area contributed by atoms with Crippen molar-refractivity contribution in [2.24, 2.45) is 0 Å². The van der Waals surface area contributed by atoms with Gasteiger partial charge in [-0.15, -0.1) is 0 Å². The SMILES string of the molecule is CNCC(C)S(=O)(=O)NCC(F)F. The largest absolute Gasteiger partial charge is 0.318 e. The van der Waals surface area contributed by atoms with Gasteiger partial charge in [0.25, 0.3) is 6.43 Å². The fourth-order valence-electron chi connectivity index (χ4n) is 0.719. The predicted octanol–water partition coefficient (Wildman–Crippen LogP) is -0.221. The van der Waals surface area contributed by atoms with E-state index in [2.05, 4.69) is 5.32 Å². The van der Waals surface area contributed by atoms with Gasteiger partial charge in [-0.2, -0.15) is 0 Å². The number of halogens is 2. The first-order valence-corrected chi connectivity index (χ1v) is 5.36. The molecule has 1 atom stereocenters. The van der Waals surface area contributed by atoms with Crippen molar-refractivity contribution in [3.63, 3.8) is 0 Å². The van der Waals surface area contributed by atoms with Crippen molar-refractivity contribution in [3.05, 3.63) is 0 Å². The van der Waals surface area contributed by atoms with Gasteiger partial charge < -0.3 is 5.32 Å². The smallest absolute Gasteiger partial charge is 0.251 e. The van der Waals surface area contributed by atoms with Crippen LogP contribution in [0.3, 0.4) is 0 Å². The summed E-state index contributed by atoms with van der Waals surface area (Å²) in [4.78, 5) is 0. The molecule has 0 heterocycles. The van der Waals surface area contributed by atoms with Crippen LogP contribution in [0.25, 0.3) is 0 Å². The highest BCUT2D eigenvalue weighted by Crippen LogP contribution is 1.98. The first-order chi connectivity index (χ1) is 5.90. The molecule has 0 aliphatic carbocycles. The Hall–Kier alpha value is -0.270. The summed E-state index contributed by atoms with van der Waals surface area (Å²) in [6.07, 6.45) is -2.66. The van der Waals surface area contributed by atoms with E-state index in [-0.39, 0.29) is 6.54 Å². The highest BCUT2D eigenvalue weighted by atomic mass is 32.2. The van der Waals surface area contributed by atoms with Crippen molar-refractivity contribution < 1.29 is 17.2 Å². The quantitative estimate of drug-likeness (QED) is 0.645. The molecule has 0 spiro atoms. The van der Waals surface area contributed by atoms with Crippen LogP contribution >= 0.6 is 0 Å². The number of hydrogen-bond acceptors (Lipinski definition) is 3. The normalized spacial score (nSPS) is 14.8. The molecule has 0 aromatic rings. The van der Waals surface area contributed by atoms with Crippen molar-refractivity contribution in [1.29, 1.82) is 0 Å². The van der Waals surface area contributed by atoms with E-state index in [0.717, 1.165) is 0 Å². The average Bonchev–Trinajstić information content (AvgIpc) is 2.01. The Labute approximate surface area is 76.8 Å². The first-order valence-electron chi connectivity index (χ1n) is 3.81. The van der Waals surface area contributed by atoms with Crippen molar-refractivity contribution >= 4 is 10.0 Å². The summed E-state index contributed by atoms with van der Waals surface area (Å²) >= 11 is 0. The van der Waals surface area contributed by atoms with E-state index in [0.29, 0.717) is 0 Å². The molecule has 0 saturated carbocycles. The number of rotatable bonds is 6. The lowest BCUT2D eigenvalue weighted by Gasteiger charge is -2.12. The second-order valence-corrected chi connectivity index (χ2v) is 4.84. The molecule has 80 valence electrons. The Bertz CT molecular complexity index is 231. The van der Waals surface area contributed by atoms with Crippen molar-refractivity contribution in [3.8, 4) is 0 Å². The molecule has 13 heavy (non-hydrogen) atoms. The molecule has 0 bridgehead atoms. The molecule has 0 fully saturated rings. The van der Waals surface area contributed by atoms with Crippen LogP contribution in [0.1, 0.15) is 6.92 Å². The number of hydrogen-bond donors (Lipinski definition) is 2. The van der Waals surface area contributed by atoms with E-state index in [1.165, 1.54) is 6.92 Å². The Morgan fingerprint density at radius 3 is 2.23 bits per heavy atom. The third-order valence-corrected chi connectivity index (χ3v) is 3.26. The van der Waals surface area contributed by atoms with Crippen molar-refractivity contribution in [2.75, 3.05) is 20.1 Å². The molecular formula is C6H14F2N2O2S. The predicted molar refractivity (Wildman–Crippen MR) is 46.3 cm³/mol. The van der Waals surface area contributed by atoms with Gasteiger partial charge in [0.1, 0.15) is 0 Å². The minimum Gasteiger partial charge on any atom is -0.318 e. The third kappa shape index (κ3) is 5.12. The maximum absolute atomic E-state index is 11.7. The monoisotopic (exact) mass is 216 g/mol. The summed E-state index contributed by atoms with van der Waals surface area (Å²) in [5.74, 6) is 0. The average molecular weight is 216 g/mol. The molecule has 0 aliphatic heterocycles. The maximum atomic E-state index is 11.7. The molecule has 2 N–H and O–H groups in total. The molecule has 0 aliphatic rings. The Morgan fingerprint density at radius 2 is 1.85 bits per heavy atom. The van der Waals surface area contributed by atoms with E-state index < -0.39 is 28.2 Å². The molecule has 0 saturated heterocycles. The topological polar surface area (TPSA) is 58.2 Å². The van der Waals surface area contributed by atoms with Crippen LogP contribution in [-0.2, 0) is 10.0 Å². The van der Waals surface area contributed by atoms with Gasteiger partial charge in [-0.25, -0.2) is 21.9 Å². The standard InChI is InChI=1S/C6H14F2N2O2S/c1-5(3-9-2)13(11,12)10-4-6(7)8/h5-6,9-10H,3-4H2,1-2H3. The minimum absolute atomic E-state index is 0.235. The third-order valence-electron chi connectivity index (χ3n) is 1.46. The minimum atomic E-state index is -3.61. The fourth-order valence-corrected chi connectivity index (χ4v) is 1.75. The lowest BCUT2D eigenvalue weighted by atomic mass is 10.5. The zero-order valence-corrected chi connectivity index (χ0v) is 8.37. The molecule has 0 aromatic heterocycles. The van der Waals surface area contributed by atoms with E-state index in [4.69, 9.17) is 0 Å². The Kier molecular flexibility index (Phi) is 5.34. The van der Waals surface area contributed by atoms with Gasteiger partial charge in [-0.1, -0.05) is 0 Å². The molecule has 7 heteroatoms. The van der Waals surface area contributed by atoms with E-state index in [9.17, 15) is 17.2 Å². The summed E-state index contributed by atoms with van der Waals surface area (Å²) in [7, 11) is -2.01. The molecule has 0 amide bonds. The summed E-state index contributed by atoms with van der Waals surface area (Å²) in [5.41, 5.74) is 0. The lowest BCUT2D eigenvalue weighted by molar-refractivity contribution is 0.153. The fraction of sp³-hybridized carbons (Fsp3) is 1.00. The van der Waals surface area contributed by atoms with Gasteiger partial charge >= 0.3 is 0 Å². The summed E-state index contributed by atoms with van der Waals surface area (Å²) in [6, 6.07) is 0. The Morgan fingerprint density at radius 1 is 1.31 bits per heavy atom. The van der Waals surface area contributed by atoms with Crippen LogP contribution in [0.5, 0.6) is 0 Å². The summed E-state index contributed by atoms with van der Waals surface area (Å²) in [5, 5.41) is 1.94. The van der Waals surface area contributed by atoms with E-state index in [1.54, 1.807) is 7.05 Å². The molecule has 0 radical (unpaired) electrons. The maximum Gasteiger partial charge on any atom is 0.251 e. The Balaban J connectivity index is 4.07. The summed E-state index contributed by atoms with van der Waals surface area (Å²) < 4.78 is 47.4. The number of sulfonamides is 1. The van der Waals surface area contributed by atoms with Crippen LogP contribution in [0.15, 0.2) is 0 Å². The van der Waals surface area contributed by atoms with Gasteiger partial charge in [0.2, 0.25) is 10.0 Å². The number of nitrogens with one attached hydrogen (secondary N) is 2. The van der Waals surface area contributed by atoms with Crippen LogP contribution < -0.4 is 10.0 Å². The van der Waals surface area contributed by atoms with Gasteiger partial charge in [0.05, 0.1) is 11.8 Å². The molecule has 4 nitrogen and oxygen atoms in total. The van der Waals surface area contributed by atoms with E-state index >= 15 is 0 Å². The highest BCUT2D eigenvalue weighted by Gasteiger charge is 2.20. The van der Waals surface area contributed by atoms with Crippen LogP contribution in [0.4, 0.5) is 8.78 Å². The second kappa shape index (κ2) is 5.46. The zero-order valence-electron chi connectivity index (χ0n) is 7.55. The zero-order chi connectivity index (χ0) is 10.5. The van der Waals surface area contributed by atoms with Crippen LogP contribution in [0.2, 0.25) is 0 Å².